The lowest BCUT2D eigenvalue weighted by Gasteiger charge is -1.98. The van der Waals surface area contributed by atoms with Crippen molar-refractivity contribution in [1.82, 2.24) is 0 Å². The number of carbonyl (C=O) groups excluding carboxylic acids is 1. The Morgan fingerprint density at radius 3 is 2.67 bits per heavy atom. The van der Waals surface area contributed by atoms with Crippen molar-refractivity contribution in [1.29, 1.82) is 0 Å². The fraction of sp³-hybridized carbons (Fsp3) is 0.0714. The van der Waals surface area contributed by atoms with E-state index < -0.39 is 0 Å². The number of furan rings is 1. The number of rotatable bonds is 4. The average Bonchev–Trinajstić information content (AvgIpc) is 2.84. The summed E-state index contributed by atoms with van der Waals surface area (Å²) in [6.45, 7) is -0.179. The lowest BCUT2D eigenvalue weighted by molar-refractivity contribution is 0.104. The molecule has 1 aromatic heterocycles. The predicted molar refractivity (Wildman–Crippen MR) is 66.1 cm³/mol. The Labute approximate surface area is 104 Å². The van der Waals surface area contributed by atoms with Crippen LogP contribution >= 0.6 is 0 Å². The van der Waals surface area contributed by atoms with Crippen LogP contribution in [0.3, 0.4) is 0 Å². The first-order valence-corrected chi connectivity index (χ1v) is 5.40. The zero-order chi connectivity index (χ0) is 13.0. The van der Waals surface area contributed by atoms with Crippen LogP contribution in [-0.4, -0.2) is 16.0 Å². The summed E-state index contributed by atoms with van der Waals surface area (Å²) in [5.74, 6) is 0.546. The molecular weight excluding hydrogens is 232 g/mol. The number of hydrogen-bond donors (Lipinski definition) is 2. The molecule has 2 rings (SSSR count). The van der Waals surface area contributed by atoms with Gasteiger partial charge in [0.1, 0.15) is 23.9 Å². The number of phenols is 1. The molecule has 2 N–H and O–H groups in total. The normalized spacial score (nSPS) is 10.9. The van der Waals surface area contributed by atoms with Crippen LogP contribution < -0.4 is 0 Å². The molecule has 1 aromatic carbocycles. The fourth-order valence-corrected chi connectivity index (χ4v) is 1.50. The van der Waals surface area contributed by atoms with E-state index >= 15 is 0 Å². The van der Waals surface area contributed by atoms with Gasteiger partial charge in [0.2, 0.25) is 0 Å². The maximum absolute atomic E-state index is 11.8. The Morgan fingerprint density at radius 2 is 2.00 bits per heavy atom. The molecule has 0 atom stereocenters. The highest BCUT2D eigenvalue weighted by Gasteiger charge is 2.06. The number of phenolic OH excluding ortho intramolecular Hbond substituents is 1. The van der Waals surface area contributed by atoms with Crippen molar-refractivity contribution in [2.45, 2.75) is 6.61 Å². The minimum Gasteiger partial charge on any atom is -0.507 e. The summed E-state index contributed by atoms with van der Waals surface area (Å²) in [6, 6.07) is 9.61. The van der Waals surface area contributed by atoms with Crippen molar-refractivity contribution in [3.8, 4) is 5.75 Å². The highest BCUT2D eigenvalue weighted by atomic mass is 16.4. The topological polar surface area (TPSA) is 70.7 Å². The van der Waals surface area contributed by atoms with Crippen molar-refractivity contribution >= 4 is 11.9 Å². The molecule has 0 bridgehead atoms. The van der Waals surface area contributed by atoms with E-state index in [-0.39, 0.29) is 23.7 Å². The highest BCUT2D eigenvalue weighted by molar-refractivity contribution is 6.08. The van der Waals surface area contributed by atoms with Gasteiger partial charge in [0.15, 0.2) is 5.78 Å². The number of allylic oxidation sites excluding steroid dienone is 1. The first-order chi connectivity index (χ1) is 8.70. The first kappa shape index (κ1) is 12.1. The number of aliphatic hydroxyl groups is 1. The third-order valence-corrected chi connectivity index (χ3v) is 2.41. The van der Waals surface area contributed by atoms with E-state index in [1.165, 1.54) is 18.2 Å². The largest absolute Gasteiger partial charge is 0.507 e. The maximum Gasteiger partial charge on any atom is 0.189 e. The molecule has 0 saturated heterocycles. The summed E-state index contributed by atoms with van der Waals surface area (Å²) in [7, 11) is 0. The number of hydrogen-bond acceptors (Lipinski definition) is 4. The number of aliphatic hydroxyl groups excluding tert-OH is 1. The molecule has 0 aliphatic carbocycles. The Bertz CT molecular complexity index is 581. The van der Waals surface area contributed by atoms with Gasteiger partial charge >= 0.3 is 0 Å². The SMILES string of the molecule is O=C(/C=C/c1ccc(CO)o1)c1ccccc1O. The van der Waals surface area contributed by atoms with Gasteiger partial charge in [-0.3, -0.25) is 4.79 Å². The van der Waals surface area contributed by atoms with Gasteiger partial charge in [-0.15, -0.1) is 0 Å². The number of benzene rings is 1. The average molecular weight is 244 g/mol. The van der Waals surface area contributed by atoms with E-state index in [9.17, 15) is 9.90 Å². The van der Waals surface area contributed by atoms with Crippen LogP contribution in [-0.2, 0) is 6.61 Å². The molecule has 4 heteroatoms. The number of aromatic hydroxyl groups is 1. The molecule has 0 fully saturated rings. The summed E-state index contributed by atoms with van der Waals surface area (Å²) >= 11 is 0. The van der Waals surface area contributed by atoms with E-state index in [4.69, 9.17) is 9.52 Å². The zero-order valence-corrected chi connectivity index (χ0v) is 9.54. The molecule has 2 aromatic rings. The Hall–Kier alpha value is -2.33. The lowest BCUT2D eigenvalue weighted by atomic mass is 10.1. The van der Waals surface area contributed by atoms with Crippen LogP contribution in [0.2, 0.25) is 0 Å². The maximum atomic E-state index is 11.8. The first-order valence-electron chi connectivity index (χ1n) is 5.40. The summed E-state index contributed by atoms with van der Waals surface area (Å²) in [5, 5.41) is 18.3. The Kier molecular flexibility index (Phi) is 3.60. The molecule has 92 valence electrons. The summed E-state index contributed by atoms with van der Waals surface area (Å²) in [5.41, 5.74) is 0.239. The molecular formula is C14H12O4. The predicted octanol–water partition coefficient (Wildman–Crippen LogP) is 2.37. The van der Waals surface area contributed by atoms with Crippen molar-refractivity contribution in [2.24, 2.45) is 0 Å². The molecule has 0 amide bonds. The third-order valence-electron chi connectivity index (χ3n) is 2.41. The minimum absolute atomic E-state index is 0.0531. The number of ketones is 1. The van der Waals surface area contributed by atoms with Crippen LogP contribution in [0.15, 0.2) is 46.9 Å². The Balaban J connectivity index is 2.14. The molecule has 0 radical (unpaired) electrons. The van der Waals surface area contributed by atoms with Crippen molar-refractivity contribution < 1.29 is 19.4 Å². The van der Waals surface area contributed by atoms with Crippen LogP contribution in [0, 0.1) is 0 Å². The van der Waals surface area contributed by atoms with Gasteiger partial charge in [-0.25, -0.2) is 0 Å². The van der Waals surface area contributed by atoms with Crippen LogP contribution in [0.1, 0.15) is 21.9 Å². The second kappa shape index (κ2) is 5.33. The van der Waals surface area contributed by atoms with Gasteiger partial charge in [-0.1, -0.05) is 12.1 Å². The fourth-order valence-electron chi connectivity index (χ4n) is 1.50. The van der Waals surface area contributed by atoms with Gasteiger partial charge in [0.05, 0.1) is 5.56 Å². The number of carbonyl (C=O) groups is 1. The monoisotopic (exact) mass is 244 g/mol. The van der Waals surface area contributed by atoms with Crippen LogP contribution in [0.4, 0.5) is 0 Å². The summed E-state index contributed by atoms with van der Waals surface area (Å²) < 4.78 is 5.20. The lowest BCUT2D eigenvalue weighted by Crippen LogP contribution is -1.93. The molecule has 0 aliphatic rings. The Morgan fingerprint density at radius 1 is 1.22 bits per heavy atom. The van der Waals surface area contributed by atoms with Crippen molar-refractivity contribution in [3.05, 3.63) is 59.6 Å². The molecule has 18 heavy (non-hydrogen) atoms. The quantitative estimate of drug-likeness (QED) is 0.639. The molecule has 4 nitrogen and oxygen atoms in total. The van der Waals surface area contributed by atoms with Gasteiger partial charge in [0, 0.05) is 0 Å². The summed E-state index contributed by atoms with van der Waals surface area (Å²) in [4.78, 5) is 11.8. The molecule has 0 unspecified atom stereocenters. The molecule has 0 aliphatic heterocycles. The highest BCUT2D eigenvalue weighted by Crippen LogP contribution is 2.17. The van der Waals surface area contributed by atoms with Crippen molar-refractivity contribution in [3.63, 3.8) is 0 Å². The van der Waals surface area contributed by atoms with Crippen LogP contribution in [0.5, 0.6) is 5.75 Å². The van der Waals surface area contributed by atoms with Gasteiger partial charge in [-0.05, 0) is 36.4 Å². The molecule has 0 saturated carbocycles. The van der Waals surface area contributed by atoms with Gasteiger partial charge < -0.3 is 14.6 Å². The molecule has 1 heterocycles. The third kappa shape index (κ3) is 2.67. The smallest absolute Gasteiger partial charge is 0.189 e. The van der Waals surface area contributed by atoms with Crippen LogP contribution in [0.25, 0.3) is 6.08 Å². The number of para-hydroxylation sites is 1. The van der Waals surface area contributed by atoms with E-state index in [2.05, 4.69) is 0 Å². The standard InChI is InChI=1S/C14H12O4/c15-9-11-6-5-10(18-11)7-8-14(17)12-3-1-2-4-13(12)16/h1-8,15-16H,9H2/b8-7+. The minimum atomic E-state index is -0.310. The zero-order valence-electron chi connectivity index (χ0n) is 9.54. The van der Waals surface area contributed by atoms with Gasteiger partial charge in [-0.2, -0.15) is 0 Å². The second-order valence-corrected chi connectivity index (χ2v) is 3.68. The van der Waals surface area contributed by atoms with E-state index in [0.717, 1.165) is 0 Å². The second-order valence-electron chi connectivity index (χ2n) is 3.68. The van der Waals surface area contributed by atoms with Gasteiger partial charge in [0.25, 0.3) is 0 Å². The molecule has 0 spiro atoms. The van der Waals surface area contributed by atoms with E-state index in [1.807, 2.05) is 0 Å². The van der Waals surface area contributed by atoms with E-state index in [1.54, 1.807) is 30.3 Å². The van der Waals surface area contributed by atoms with E-state index in [0.29, 0.717) is 11.5 Å². The summed E-state index contributed by atoms with van der Waals surface area (Å²) in [6.07, 6.45) is 2.81. The van der Waals surface area contributed by atoms with Crippen molar-refractivity contribution in [2.75, 3.05) is 0 Å².